The molecule has 22 heavy (non-hydrogen) atoms. The molecular weight excluding hydrogens is 306 g/mol. The van der Waals surface area contributed by atoms with E-state index in [9.17, 15) is 8.42 Å². The number of methoxy groups -OCH3 is 1. The Morgan fingerprint density at radius 1 is 1.50 bits per heavy atom. The van der Waals surface area contributed by atoms with Crippen LogP contribution in [0.1, 0.15) is 19.0 Å². The fourth-order valence-electron chi connectivity index (χ4n) is 2.51. The van der Waals surface area contributed by atoms with Gasteiger partial charge in [-0.05, 0) is 20.0 Å². The van der Waals surface area contributed by atoms with Crippen molar-refractivity contribution in [2.45, 2.75) is 32.5 Å². The van der Waals surface area contributed by atoms with Crippen LogP contribution in [-0.4, -0.2) is 78.3 Å². The number of nitrogens with zero attached hydrogens (tertiary/aromatic N) is 5. The van der Waals surface area contributed by atoms with Crippen LogP contribution in [0.25, 0.3) is 0 Å². The second-order valence-corrected chi connectivity index (χ2v) is 7.63. The number of ether oxygens (including phenoxy) is 1. The minimum absolute atomic E-state index is 0.0479. The van der Waals surface area contributed by atoms with Crippen LogP contribution in [0.5, 0.6) is 0 Å². The Kier molecular flexibility index (Phi) is 5.90. The van der Waals surface area contributed by atoms with E-state index in [1.54, 1.807) is 11.8 Å². The monoisotopic (exact) mass is 331 g/mol. The van der Waals surface area contributed by atoms with Gasteiger partial charge in [0.2, 0.25) is 10.0 Å². The summed E-state index contributed by atoms with van der Waals surface area (Å²) in [7, 11) is 0.409. The topological polar surface area (TPSA) is 80.6 Å². The Labute approximate surface area is 132 Å². The normalized spacial score (nSPS) is 21.7. The van der Waals surface area contributed by atoms with Crippen LogP contribution in [0.15, 0.2) is 6.20 Å². The summed E-state index contributed by atoms with van der Waals surface area (Å²) in [6, 6.07) is 0.0479. The third-order valence-corrected chi connectivity index (χ3v) is 5.86. The van der Waals surface area contributed by atoms with Gasteiger partial charge in [-0.25, -0.2) is 8.42 Å². The largest absolute Gasteiger partial charge is 0.385 e. The molecule has 0 spiro atoms. The van der Waals surface area contributed by atoms with E-state index in [0.29, 0.717) is 25.4 Å². The summed E-state index contributed by atoms with van der Waals surface area (Å²) in [5.41, 5.74) is 0.681. The average molecular weight is 331 g/mol. The summed E-state index contributed by atoms with van der Waals surface area (Å²) in [6.07, 6.45) is 2.66. The molecule has 2 rings (SSSR count). The van der Waals surface area contributed by atoms with Gasteiger partial charge < -0.3 is 9.64 Å². The summed E-state index contributed by atoms with van der Waals surface area (Å²) in [6.45, 7) is 5.06. The maximum absolute atomic E-state index is 12.2. The molecule has 9 heteroatoms. The molecule has 8 nitrogen and oxygen atoms in total. The van der Waals surface area contributed by atoms with Crippen LogP contribution < -0.4 is 0 Å². The first kappa shape index (κ1) is 17.3. The molecule has 0 bridgehead atoms. The van der Waals surface area contributed by atoms with Gasteiger partial charge in [0.15, 0.2) is 0 Å². The lowest BCUT2D eigenvalue weighted by molar-refractivity contribution is 0.188. The number of sulfonamides is 1. The van der Waals surface area contributed by atoms with Crippen molar-refractivity contribution < 1.29 is 13.2 Å². The molecule has 1 fully saturated rings. The highest BCUT2D eigenvalue weighted by molar-refractivity contribution is 7.89. The summed E-state index contributed by atoms with van der Waals surface area (Å²) < 4.78 is 32.7. The van der Waals surface area contributed by atoms with Crippen LogP contribution in [0.3, 0.4) is 0 Å². The molecule has 1 saturated heterocycles. The highest BCUT2D eigenvalue weighted by Crippen LogP contribution is 2.20. The first-order chi connectivity index (χ1) is 10.5. The summed E-state index contributed by atoms with van der Waals surface area (Å²) in [5.74, 6) is 0.180. The molecule has 2 heterocycles. The van der Waals surface area contributed by atoms with Crippen molar-refractivity contribution in [2.75, 3.05) is 39.6 Å². The highest BCUT2D eigenvalue weighted by atomic mass is 32.2. The van der Waals surface area contributed by atoms with E-state index in [1.165, 1.54) is 4.31 Å². The number of aromatic nitrogens is 3. The molecule has 0 amide bonds. The zero-order chi connectivity index (χ0) is 16.2. The van der Waals surface area contributed by atoms with Gasteiger partial charge in [-0.3, -0.25) is 4.68 Å². The first-order valence-electron chi connectivity index (χ1n) is 7.52. The predicted molar refractivity (Wildman–Crippen MR) is 82.8 cm³/mol. The van der Waals surface area contributed by atoms with Gasteiger partial charge >= 0.3 is 0 Å². The maximum atomic E-state index is 12.2. The second-order valence-electron chi connectivity index (χ2n) is 5.62. The molecule has 0 saturated carbocycles. The SMILES string of the molecule is CCN(C)C1CN(Cc2cn(CCCOC)nn2)S(=O)(=O)C1. The molecule has 1 atom stereocenters. The van der Waals surface area contributed by atoms with Gasteiger partial charge in [0.25, 0.3) is 0 Å². The summed E-state index contributed by atoms with van der Waals surface area (Å²) in [5, 5.41) is 8.09. The van der Waals surface area contributed by atoms with Crippen molar-refractivity contribution in [3.63, 3.8) is 0 Å². The van der Waals surface area contributed by atoms with Crippen molar-refractivity contribution >= 4 is 10.0 Å². The maximum Gasteiger partial charge on any atom is 0.216 e. The van der Waals surface area contributed by atoms with Crippen molar-refractivity contribution in [3.05, 3.63) is 11.9 Å². The van der Waals surface area contributed by atoms with Crippen LogP contribution in [0.2, 0.25) is 0 Å². The molecular formula is C13H25N5O3S. The third kappa shape index (κ3) is 4.25. The Morgan fingerprint density at radius 2 is 2.27 bits per heavy atom. The van der Waals surface area contributed by atoms with E-state index in [2.05, 4.69) is 15.2 Å². The molecule has 1 aromatic heterocycles. The molecule has 1 aromatic rings. The lowest BCUT2D eigenvalue weighted by atomic mass is 10.3. The van der Waals surface area contributed by atoms with E-state index in [-0.39, 0.29) is 11.8 Å². The second kappa shape index (κ2) is 7.49. The van der Waals surface area contributed by atoms with Gasteiger partial charge in [-0.2, -0.15) is 4.31 Å². The Balaban J connectivity index is 1.95. The van der Waals surface area contributed by atoms with E-state index in [0.717, 1.165) is 19.5 Å². The zero-order valence-electron chi connectivity index (χ0n) is 13.5. The highest BCUT2D eigenvalue weighted by Gasteiger charge is 2.37. The molecule has 0 radical (unpaired) electrons. The van der Waals surface area contributed by atoms with E-state index in [4.69, 9.17) is 4.74 Å². The van der Waals surface area contributed by atoms with Crippen molar-refractivity contribution in [1.82, 2.24) is 24.2 Å². The minimum Gasteiger partial charge on any atom is -0.385 e. The molecule has 0 N–H and O–H groups in total. The molecule has 0 aromatic carbocycles. The molecule has 126 valence electrons. The first-order valence-corrected chi connectivity index (χ1v) is 9.13. The number of rotatable bonds is 8. The van der Waals surface area contributed by atoms with Crippen LogP contribution >= 0.6 is 0 Å². The van der Waals surface area contributed by atoms with Crippen LogP contribution in [0, 0.1) is 0 Å². The van der Waals surface area contributed by atoms with E-state index < -0.39 is 10.0 Å². The Morgan fingerprint density at radius 3 is 2.95 bits per heavy atom. The van der Waals surface area contributed by atoms with Crippen molar-refractivity contribution in [3.8, 4) is 0 Å². The van der Waals surface area contributed by atoms with Crippen molar-refractivity contribution in [2.24, 2.45) is 0 Å². The Bertz CT molecular complexity index is 574. The zero-order valence-corrected chi connectivity index (χ0v) is 14.3. The predicted octanol–water partition coefficient (Wildman–Crippen LogP) is -0.220. The van der Waals surface area contributed by atoms with Crippen molar-refractivity contribution in [1.29, 1.82) is 0 Å². The van der Waals surface area contributed by atoms with Crippen LogP contribution in [-0.2, 0) is 27.8 Å². The third-order valence-electron chi connectivity index (χ3n) is 3.99. The molecule has 1 aliphatic rings. The minimum atomic E-state index is -3.21. The van der Waals surface area contributed by atoms with Crippen LogP contribution in [0.4, 0.5) is 0 Å². The number of hydrogen-bond acceptors (Lipinski definition) is 6. The summed E-state index contributed by atoms with van der Waals surface area (Å²) >= 11 is 0. The van der Waals surface area contributed by atoms with E-state index in [1.807, 2.05) is 20.2 Å². The van der Waals surface area contributed by atoms with Gasteiger partial charge in [0.05, 0.1) is 18.0 Å². The molecule has 0 aliphatic carbocycles. The fraction of sp³-hybridized carbons (Fsp3) is 0.846. The van der Waals surface area contributed by atoms with Gasteiger partial charge in [-0.1, -0.05) is 12.1 Å². The van der Waals surface area contributed by atoms with Gasteiger partial charge in [-0.15, -0.1) is 5.10 Å². The quantitative estimate of drug-likeness (QED) is 0.613. The smallest absolute Gasteiger partial charge is 0.216 e. The summed E-state index contributed by atoms with van der Waals surface area (Å²) in [4.78, 5) is 2.07. The number of likely N-dealkylation sites (N-methyl/N-ethyl adjacent to an activating group) is 1. The standard InChI is InChI=1S/C13H25N5O3S/c1-4-16(2)13-10-18(22(19,20)11-13)9-12-8-17(15-14-12)6-5-7-21-3/h8,13H,4-7,9-11H2,1-3H3. The lowest BCUT2D eigenvalue weighted by Crippen LogP contribution is -2.35. The molecule has 1 aliphatic heterocycles. The van der Waals surface area contributed by atoms with E-state index >= 15 is 0 Å². The van der Waals surface area contributed by atoms with Gasteiger partial charge in [0, 0.05) is 39.0 Å². The average Bonchev–Trinajstić information content (AvgIpc) is 3.04. The Hall–Kier alpha value is -1.03. The number of aryl methyl sites for hydroxylation is 1. The van der Waals surface area contributed by atoms with Gasteiger partial charge in [0.1, 0.15) is 0 Å². The lowest BCUT2D eigenvalue weighted by Gasteiger charge is -2.20. The number of hydrogen-bond donors (Lipinski definition) is 0. The molecule has 1 unspecified atom stereocenters. The fourth-order valence-corrected chi connectivity index (χ4v) is 4.29.